The number of nitrogens with zero attached hydrogens (tertiary/aromatic N) is 2. The number of likely N-dealkylation sites (tertiary alicyclic amines) is 2. The largest absolute Gasteiger partial charge is 0.310 e. The molecule has 0 radical (unpaired) electrons. The second-order valence-electron chi connectivity index (χ2n) is 4.99. The third-order valence-electron chi connectivity index (χ3n) is 3.58. The summed E-state index contributed by atoms with van der Waals surface area (Å²) >= 11 is 0. The minimum atomic E-state index is 0.758. The molecular formula is C13H29N3. The molecule has 2 rings (SSSR count). The van der Waals surface area contributed by atoms with Gasteiger partial charge in [-0.15, -0.1) is 0 Å². The summed E-state index contributed by atoms with van der Waals surface area (Å²) in [6.45, 7) is 9.04. The lowest BCUT2D eigenvalue weighted by molar-refractivity contribution is 0.224. The third-order valence-corrected chi connectivity index (χ3v) is 3.58. The fourth-order valence-corrected chi connectivity index (χ4v) is 2.58. The summed E-state index contributed by atoms with van der Waals surface area (Å²) < 4.78 is 0. The maximum atomic E-state index is 3.80. The summed E-state index contributed by atoms with van der Waals surface area (Å²) in [4.78, 5) is 4.85. The van der Waals surface area contributed by atoms with Crippen molar-refractivity contribution in [1.82, 2.24) is 15.1 Å². The van der Waals surface area contributed by atoms with Crippen LogP contribution in [0.3, 0.4) is 0 Å². The molecule has 2 saturated heterocycles. The summed E-state index contributed by atoms with van der Waals surface area (Å²) in [5.41, 5.74) is 0. The summed E-state index contributed by atoms with van der Waals surface area (Å²) in [5, 5.41) is 3.80. The van der Waals surface area contributed by atoms with Crippen LogP contribution in [-0.2, 0) is 0 Å². The number of hydrogen-bond acceptors (Lipinski definition) is 3. The van der Waals surface area contributed by atoms with Crippen molar-refractivity contribution in [2.24, 2.45) is 0 Å². The first-order valence-electron chi connectivity index (χ1n) is 6.87. The predicted molar refractivity (Wildman–Crippen MR) is 70.9 cm³/mol. The first kappa shape index (κ1) is 13.9. The molecule has 0 saturated carbocycles. The first-order valence-corrected chi connectivity index (χ1v) is 6.87. The van der Waals surface area contributed by atoms with E-state index < -0.39 is 0 Å². The van der Waals surface area contributed by atoms with Gasteiger partial charge in [0, 0.05) is 18.6 Å². The van der Waals surface area contributed by atoms with Gasteiger partial charge in [0.2, 0.25) is 0 Å². The number of likely N-dealkylation sites (N-methyl/N-ethyl adjacent to an activating group) is 1. The van der Waals surface area contributed by atoms with Crippen LogP contribution in [0.1, 0.15) is 33.1 Å². The maximum Gasteiger partial charge on any atom is 0.0209 e. The zero-order chi connectivity index (χ0) is 12.0. The Bertz CT molecular complexity index is 176. The van der Waals surface area contributed by atoms with E-state index in [0.717, 1.165) is 12.1 Å². The molecule has 2 aliphatic rings. The molecule has 2 aliphatic heterocycles. The van der Waals surface area contributed by atoms with E-state index in [-0.39, 0.29) is 0 Å². The van der Waals surface area contributed by atoms with Gasteiger partial charge in [-0.3, -0.25) is 0 Å². The Kier molecular flexibility index (Phi) is 6.32. The van der Waals surface area contributed by atoms with E-state index in [4.69, 9.17) is 0 Å². The molecule has 1 atom stereocenters. The van der Waals surface area contributed by atoms with Crippen molar-refractivity contribution in [1.29, 1.82) is 0 Å². The Morgan fingerprint density at radius 2 is 1.31 bits per heavy atom. The highest BCUT2D eigenvalue weighted by molar-refractivity contribution is 4.84. The topological polar surface area (TPSA) is 18.5 Å². The van der Waals surface area contributed by atoms with Crippen LogP contribution in [0.15, 0.2) is 0 Å². The highest BCUT2D eigenvalue weighted by atomic mass is 15.2. The molecule has 0 bridgehead atoms. The lowest BCUT2D eigenvalue weighted by Crippen LogP contribution is -2.45. The van der Waals surface area contributed by atoms with Gasteiger partial charge in [0.25, 0.3) is 0 Å². The predicted octanol–water partition coefficient (Wildman–Crippen LogP) is 1.40. The van der Waals surface area contributed by atoms with Crippen molar-refractivity contribution in [2.75, 3.05) is 40.3 Å². The summed E-state index contributed by atoms with van der Waals surface area (Å²) in [6, 6.07) is 1.54. The third kappa shape index (κ3) is 4.40. The Labute approximate surface area is 101 Å². The fourth-order valence-electron chi connectivity index (χ4n) is 2.58. The second-order valence-corrected chi connectivity index (χ2v) is 4.99. The molecule has 96 valence electrons. The van der Waals surface area contributed by atoms with Gasteiger partial charge in [-0.05, 0) is 53.0 Å². The molecule has 0 aromatic rings. The minimum absolute atomic E-state index is 0.758. The smallest absolute Gasteiger partial charge is 0.0209 e. The van der Waals surface area contributed by atoms with Crippen molar-refractivity contribution >= 4 is 0 Å². The zero-order valence-corrected chi connectivity index (χ0v) is 11.5. The zero-order valence-electron chi connectivity index (χ0n) is 11.5. The Morgan fingerprint density at radius 1 is 0.812 bits per heavy atom. The van der Waals surface area contributed by atoms with Gasteiger partial charge in [0.1, 0.15) is 0 Å². The summed E-state index contributed by atoms with van der Waals surface area (Å²) in [5.74, 6) is 0. The summed E-state index contributed by atoms with van der Waals surface area (Å²) in [7, 11) is 4.44. The average Bonchev–Trinajstić information content (AvgIpc) is 2.70. The normalized spacial score (nSPS) is 28.9. The SMILES string of the molecule is CC.CN1CCC(NC2CCN(C)C2)CC1. The Morgan fingerprint density at radius 3 is 1.81 bits per heavy atom. The van der Waals surface area contributed by atoms with Crippen LogP contribution in [0.2, 0.25) is 0 Å². The fraction of sp³-hybridized carbons (Fsp3) is 1.00. The number of hydrogen-bond donors (Lipinski definition) is 1. The monoisotopic (exact) mass is 227 g/mol. The molecule has 0 aromatic carbocycles. The minimum Gasteiger partial charge on any atom is -0.310 e. The van der Waals surface area contributed by atoms with E-state index >= 15 is 0 Å². The lowest BCUT2D eigenvalue weighted by atomic mass is 10.0. The molecule has 16 heavy (non-hydrogen) atoms. The van der Waals surface area contributed by atoms with Crippen LogP contribution in [0.25, 0.3) is 0 Å². The van der Waals surface area contributed by atoms with Gasteiger partial charge in [-0.25, -0.2) is 0 Å². The average molecular weight is 227 g/mol. The van der Waals surface area contributed by atoms with Crippen molar-refractivity contribution in [3.8, 4) is 0 Å². The van der Waals surface area contributed by atoms with Crippen molar-refractivity contribution in [3.05, 3.63) is 0 Å². The van der Waals surface area contributed by atoms with Crippen molar-refractivity contribution in [2.45, 2.75) is 45.2 Å². The van der Waals surface area contributed by atoms with Gasteiger partial charge in [0.05, 0.1) is 0 Å². The molecule has 2 fully saturated rings. The molecule has 0 spiro atoms. The molecule has 0 aliphatic carbocycles. The number of rotatable bonds is 2. The molecule has 2 heterocycles. The van der Waals surface area contributed by atoms with Gasteiger partial charge >= 0.3 is 0 Å². The van der Waals surface area contributed by atoms with E-state index in [1.807, 2.05) is 13.8 Å². The number of piperidine rings is 1. The van der Waals surface area contributed by atoms with Crippen LogP contribution >= 0.6 is 0 Å². The quantitative estimate of drug-likeness (QED) is 0.769. The lowest BCUT2D eigenvalue weighted by Gasteiger charge is -2.31. The van der Waals surface area contributed by atoms with Gasteiger partial charge in [0.15, 0.2) is 0 Å². The Hall–Kier alpha value is -0.120. The molecule has 0 aromatic heterocycles. The Balaban J connectivity index is 0.000000606. The highest BCUT2D eigenvalue weighted by Gasteiger charge is 2.23. The molecule has 1 unspecified atom stereocenters. The standard InChI is InChI=1S/C11H23N3.C2H6/c1-13-6-3-10(4-7-13)12-11-5-8-14(2)9-11;1-2/h10-12H,3-9H2,1-2H3;1-2H3. The van der Waals surface area contributed by atoms with Crippen LogP contribution in [0.5, 0.6) is 0 Å². The van der Waals surface area contributed by atoms with Crippen LogP contribution in [0, 0.1) is 0 Å². The second kappa shape index (κ2) is 7.25. The first-order chi connectivity index (χ1) is 7.74. The van der Waals surface area contributed by atoms with E-state index in [1.165, 1.54) is 45.4 Å². The van der Waals surface area contributed by atoms with Crippen LogP contribution in [0.4, 0.5) is 0 Å². The highest BCUT2D eigenvalue weighted by Crippen LogP contribution is 2.13. The maximum absolute atomic E-state index is 3.80. The van der Waals surface area contributed by atoms with E-state index in [9.17, 15) is 0 Å². The van der Waals surface area contributed by atoms with Crippen LogP contribution in [-0.4, -0.2) is 62.2 Å². The molecule has 3 heteroatoms. The van der Waals surface area contributed by atoms with Crippen molar-refractivity contribution < 1.29 is 0 Å². The van der Waals surface area contributed by atoms with E-state index in [0.29, 0.717) is 0 Å². The van der Waals surface area contributed by atoms with Gasteiger partial charge < -0.3 is 15.1 Å². The molecule has 3 nitrogen and oxygen atoms in total. The van der Waals surface area contributed by atoms with E-state index in [1.54, 1.807) is 0 Å². The molecular weight excluding hydrogens is 198 g/mol. The number of nitrogens with one attached hydrogen (secondary N) is 1. The van der Waals surface area contributed by atoms with Gasteiger partial charge in [-0.1, -0.05) is 13.8 Å². The van der Waals surface area contributed by atoms with E-state index in [2.05, 4.69) is 29.2 Å². The van der Waals surface area contributed by atoms with Crippen LogP contribution < -0.4 is 5.32 Å². The van der Waals surface area contributed by atoms with Crippen molar-refractivity contribution in [3.63, 3.8) is 0 Å². The summed E-state index contributed by atoms with van der Waals surface area (Å²) in [6.07, 6.45) is 4.00. The molecule has 1 N–H and O–H groups in total. The van der Waals surface area contributed by atoms with Gasteiger partial charge in [-0.2, -0.15) is 0 Å². The molecule has 0 amide bonds.